The maximum absolute atomic E-state index is 10.9. The minimum atomic E-state index is -0.342. The molecule has 0 bridgehead atoms. The van der Waals surface area contributed by atoms with Gasteiger partial charge in [-0.25, -0.2) is 0 Å². The van der Waals surface area contributed by atoms with Crippen LogP contribution in [0.15, 0.2) is 36.4 Å². The minimum Gasteiger partial charge on any atom is -0.426 e. The molecule has 0 atom stereocenters. The van der Waals surface area contributed by atoms with E-state index in [1.165, 1.54) is 6.92 Å². The van der Waals surface area contributed by atoms with Crippen molar-refractivity contribution in [2.75, 3.05) is 5.73 Å². The van der Waals surface area contributed by atoms with Crippen molar-refractivity contribution in [2.24, 2.45) is 0 Å². The number of hydrogen-bond donors (Lipinski definition) is 1. The van der Waals surface area contributed by atoms with Gasteiger partial charge in [0.2, 0.25) is 0 Å². The molecule has 0 saturated carbocycles. The molecule has 0 aliphatic rings. The van der Waals surface area contributed by atoms with Crippen molar-refractivity contribution < 1.29 is 9.53 Å². The third kappa shape index (κ3) is 1.91. The number of anilines is 1. The molecule has 0 unspecified atom stereocenters. The van der Waals surface area contributed by atoms with Crippen LogP contribution in [-0.2, 0) is 4.79 Å². The summed E-state index contributed by atoms with van der Waals surface area (Å²) >= 11 is 0. The minimum absolute atomic E-state index is 0.342. The van der Waals surface area contributed by atoms with E-state index in [2.05, 4.69) is 0 Å². The molecular formula is C12H11NO2. The van der Waals surface area contributed by atoms with Crippen LogP contribution in [0.25, 0.3) is 10.8 Å². The summed E-state index contributed by atoms with van der Waals surface area (Å²) in [5.74, 6) is 0.170. The molecule has 0 radical (unpaired) electrons. The highest BCUT2D eigenvalue weighted by atomic mass is 16.5. The molecule has 2 aromatic carbocycles. The largest absolute Gasteiger partial charge is 0.426 e. The maximum atomic E-state index is 10.9. The first-order valence-corrected chi connectivity index (χ1v) is 4.63. The standard InChI is InChI=1S/C12H11NO2/c1-8(14)15-12-7-10(13)6-9-4-2-3-5-11(9)12/h2-7H,13H2,1H3. The normalized spacial score (nSPS) is 10.2. The molecule has 0 amide bonds. The summed E-state index contributed by atoms with van der Waals surface area (Å²) in [7, 11) is 0. The molecular weight excluding hydrogens is 190 g/mol. The van der Waals surface area contributed by atoms with Gasteiger partial charge in [0.15, 0.2) is 0 Å². The van der Waals surface area contributed by atoms with Crippen LogP contribution in [0.4, 0.5) is 5.69 Å². The first-order chi connectivity index (χ1) is 7.16. The molecule has 0 aromatic heterocycles. The SMILES string of the molecule is CC(=O)Oc1cc(N)cc2ccccc12. The van der Waals surface area contributed by atoms with Gasteiger partial charge in [0, 0.05) is 24.1 Å². The lowest BCUT2D eigenvalue weighted by Crippen LogP contribution is -2.02. The Bertz CT molecular complexity index is 520. The summed E-state index contributed by atoms with van der Waals surface area (Å²) in [6, 6.07) is 11.1. The number of fused-ring (bicyclic) bond motifs is 1. The van der Waals surface area contributed by atoms with Gasteiger partial charge >= 0.3 is 5.97 Å². The molecule has 0 aliphatic heterocycles. The van der Waals surface area contributed by atoms with Crippen molar-refractivity contribution in [3.8, 4) is 5.75 Å². The topological polar surface area (TPSA) is 52.3 Å². The Morgan fingerprint density at radius 2 is 2.00 bits per heavy atom. The maximum Gasteiger partial charge on any atom is 0.308 e. The zero-order chi connectivity index (χ0) is 10.8. The van der Waals surface area contributed by atoms with Gasteiger partial charge in [-0.2, -0.15) is 0 Å². The van der Waals surface area contributed by atoms with Crippen LogP contribution >= 0.6 is 0 Å². The van der Waals surface area contributed by atoms with Gasteiger partial charge in [-0.3, -0.25) is 4.79 Å². The fourth-order valence-corrected chi connectivity index (χ4v) is 1.54. The quantitative estimate of drug-likeness (QED) is 0.437. The lowest BCUT2D eigenvalue weighted by atomic mass is 10.1. The lowest BCUT2D eigenvalue weighted by molar-refractivity contribution is -0.131. The van der Waals surface area contributed by atoms with E-state index in [9.17, 15) is 4.79 Å². The van der Waals surface area contributed by atoms with Gasteiger partial charge < -0.3 is 10.5 Å². The van der Waals surface area contributed by atoms with Gasteiger partial charge in [-0.05, 0) is 11.5 Å². The van der Waals surface area contributed by atoms with Gasteiger partial charge in [-0.15, -0.1) is 0 Å². The zero-order valence-electron chi connectivity index (χ0n) is 8.36. The van der Waals surface area contributed by atoms with Crippen LogP contribution < -0.4 is 10.5 Å². The van der Waals surface area contributed by atoms with Crippen molar-refractivity contribution in [2.45, 2.75) is 6.92 Å². The van der Waals surface area contributed by atoms with Crippen LogP contribution in [0.3, 0.4) is 0 Å². The fourth-order valence-electron chi connectivity index (χ4n) is 1.54. The third-order valence-electron chi connectivity index (χ3n) is 2.10. The van der Waals surface area contributed by atoms with E-state index >= 15 is 0 Å². The van der Waals surface area contributed by atoms with E-state index in [1.54, 1.807) is 6.07 Å². The number of carbonyl (C=O) groups excluding carboxylic acids is 1. The van der Waals surface area contributed by atoms with Crippen LogP contribution in [0.2, 0.25) is 0 Å². The predicted octanol–water partition coefficient (Wildman–Crippen LogP) is 2.35. The van der Waals surface area contributed by atoms with Gasteiger partial charge in [0.05, 0.1) is 0 Å². The van der Waals surface area contributed by atoms with Crippen molar-refractivity contribution in [3.63, 3.8) is 0 Å². The lowest BCUT2D eigenvalue weighted by Gasteiger charge is -2.07. The molecule has 2 aromatic rings. The number of ether oxygens (including phenoxy) is 1. The number of hydrogen-bond acceptors (Lipinski definition) is 3. The Labute approximate surface area is 87.5 Å². The molecule has 3 heteroatoms. The molecule has 0 spiro atoms. The number of nitrogen functional groups attached to an aromatic ring is 1. The number of carbonyl (C=O) groups is 1. The summed E-state index contributed by atoms with van der Waals surface area (Å²) in [6.07, 6.45) is 0. The average molecular weight is 201 g/mol. The molecule has 0 aliphatic carbocycles. The zero-order valence-corrected chi connectivity index (χ0v) is 8.36. The van der Waals surface area contributed by atoms with Gasteiger partial charge in [0.25, 0.3) is 0 Å². The molecule has 2 N–H and O–H groups in total. The van der Waals surface area contributed by atoms with Gasteiger partial charge in [-0.1, -0.05) is 24.3 Å². The van der Waals surface area contributed by atoms with Crippen molar-refractivity contribution in [1.82, 2.24) is 0 Å². The van der Waals surface area contributed by atoms with Crippen LogP contribution in [0.5, 0.6) is 5.75 Å². The second-order valence-electron chi connectivity index (χ2n) is 3.33. The first-order valence-electron chi connectivity index (χ1n) is 4.63. The van der Waals surface area contributed by atoms with E-state index in [1.807, 2.05) is 30.3 Å². The van der Waals surface area contributed by atoms with Crippen LogP contribution in [0.1, 0.15) is 6.92 Å². The summed E-state index contributed by atoms with van der Waals surface area (Å²) < 4.78 is 5.09. The molecule has 76 valence electrons. The van der Waals surface area contributed by atoms with E-state index in [4.69, 9.17) is 10.5 Å². The molecule has 15 heavy (non-hydrogen) atoms. The summed E-state index contributed by atoms with van der Waals surface area (Å²) in [6.45, 7) is 1.37. The number of rotatable bonds is 1. The monoisotopic (exact) mass is 201 g/mol. The highest BCUT2D eigenvalue weighted by Gasteiger charge is 2.05. The van der Waals surface area contributed by atoms with Gasteiger partial charge in [0.1, 0.15) is 5.75 Å². The highest BCUT2D eigenvalue weighted by molar-refractivity contribution is 5.92. The van der Waals surface area contributed by atoms with E-state index in [-0.39, 0.29) is 5.97 Å². The Balaban J connectivity index is 2.65. The Morgan fingerprint density at radius 1 is 1.27 bits per heavy atom. The van der Waals surface area contributed by atoms with E-state index in [0.29, 0.717) is 11.4 Å². The van der Waals surface area contributed by atoms with Crippen molar-refractivity contribution in [3.05, 3.63) is 36.4 Å². The molecule has 3 nitrogen and oxygen atoms in total. The van der Waals surface area contributed by atoms with Crippen LogP contribution in [0, 0.1) is 0 Å². The second-order valence-corrected chi connectivity index (χ2v) is 3.33. The highest BCUT2D eigenvalue weighted by Crippen LogP contribution is 2.28. The van der Waals surface area contributed by atoms with E-state index in [0.717, 1.165) is 10.8 Å². The fraction of sp³-hybridized carbons (Fsp3) is 0.0833. The molecule has 0 saturated heterocycles. The molecule has 2 rings (SSSR count). The summed E-state index contributed by atoms with van der Waals surface area (Å²) in [4.78, 5) is 10.9. The average Bonchev–Trinajstić information content (AvgIpc) is 2.16. The van der Waals surface area contributed by atoms with Crippen molar-refractivity contribution in [1.29, 1.82) is 0 Å². The molecule has 0 heterocycles. The Hall–Kier alpha value is -2.03. The number of esters is 1. The van der Waals surface area contributed by atoms with Crippen molar-refractivity contribution >= 4 is 22.4 Å². The second kappa shape index (κ2) is 3.61. The Kier molecular flexibility index (Phi) is 2.29. The first kappa shape index (κ1) is 9.52. The third-order valence-corrected chi connectivity index (χ3v) is 2.10. The summed E-state index contributed by atoms with van der Waals surface area (Å²) in [5.41, 5.74) is 6.30. The molecule has 0 fully saturated rings. The smallest absolute Gasteiger partial charge is 0.308 e. The number of nitrogens with two attached hydrogens (primary N) is 1. The number of benzene rings is 2. The van der Waals surface area contributed by atoms with E-state index < -0.39 is 0 Å². The Morgan fingerprint density at radius 3 is 2.73 bits per heavy atom. The summed E-state index contributed by atoms with van der Waals surface area (Å²) in [5, 5.41) is 1.86. The predicted molar refractivity (Wildman–Crippen MR) is 59.7 cm³/mol. The van der Waals surface area contributed by atoms with Crippen LogP contribution in [-0.4, -0.2) is 5.97 Å².